The molecule has 0 aliphatic carbocycles. The number of hydrogen-bond acceptors (Lipinski definition) is 3. The molecule has 0 saturated carbocycles. The highest BCUT2D eigenvalue weighted by Crippen LogP contribution is 2.25. The highest BCUT2D eigenvalue weighted by molar-refractivity contribution is 8.00. The molecule has 2 rings (SSSR count). The molecule has 0 bridgehead atoms. The minimum absolute atomic E-state index is 0.344. The summed E-state index contributed by atoms with van der Waals surface area (Å²) in [5.74, 6) is 1.68. The zero-order valence-electron chi connectivity index (χ0n) is 10.4. The predicted molar refractivity (Wildman–Crippen MR) is 74.8 cm³/mol. The average molecular weight is 251 g/mol. The van der Waals surface area contributed by atoms with Crippen LogP contribution < -0.4 is 5.32 Å². The van der Waals surface area contributed by atoms with Gasteiger partial charge in [0.1, 0.15) is 5.75 Å². The number of phenols is 1. The fourth-order valence-electron chi connectivity index (χ4n) is 2.20. The average Bonchev–Trinajstić information content (AvgIpc) is 2.83. The van der Waals surface area contributed by atoms with Crippen LogP contribution in [0.15, 0.2) is 24.3 Å². The maximum Gasteiger partial charge on any atom is 0.115 e. The lowest BCUT2D eigenvalue weighted by molar-refractivity contribution is 0.474. The normalized spacial score (nSPS) is 21.6. The Labute approximate surface area is 108 Å². The molecule has 1 aliphatic rings. The van der Waals surface area contributed by atoms with Crippen molar-refractivity contribution in [3.8, 4) is 5.75 Å². The first-order chi connectivity index (χ1) is 8.24. The molecule has 17 heavy (non-hydrogen) atoms. The highest BCUT2D eigenvalue weighted by atomic mass is 32.2. The first-order valence-corrected chi connectivity index (χ1v) is 7.42. The molecule has 2 atom stereocenters. The second kappa shape index (κ2) is 6.31. The van der Waals surface area contributed by atoms with Crippen LogP contribution in [0.2, 0.25) is 0 Å². The van der Waals surface area contributed by atoms with Crippen molar-refractivity contribution in [1.82, 2.24) is 5.32 Å². The molecule has 2 nitrogen and oxygen atoms in total. The van der Waals surface area contributed by atoms with E-state index in [0.717, 1.165) is 18.2 Å². The summed E-state index contributed by atoms with van der Waals surface area (Å²) < 4.78 is 0. The van der Waals surface area contributed by atoms with E-state index in [1.54, 1.807) is 12.1 Å². The molecule has 94 valence electrons. The van der Waals surface area contributed by atoms with E-state index in [9.17, 15) is 5.11 Å². The lowest BCUT2D eigenvalue weighted by atomic mass is 10.1. The zero-order valence-corrected chi connectivity index (χ0v) is 11.2. The van der Waals surface area contributed by atoms with Crippen molar-refractivity contribution >= 4 is 11.8 Å². The van der Waals surface area contributed by atoms with Crippen LogP contribution in [0.1, 0.15) is 25.3 Å². The monoisotopic (exact) mass is 251 g/mol. The second-order valence-corrected chi connectivity index (χ2v) is 6.22. The summed E-state index contributed by atoms with van der Waals surface area (Å²) in [7, 11) is 0. The van der Waals surface area contributed by atoms with E-state index in [-0.39, 0.29) is 0 Å². The molecule has 1 aromatic carbocycles. The van der Waals surface area contributed by atoms with Crippen molar-refractivity contribution in [2.45, 2.75) is 37.5 Å². The SMILES string of the molecule is CC(Cc1ccc(O)cc1)NCC1CCCS1. The van der Waals surface area contributed by atoms with Crippen molar-refractivity contribution in [3.63, 3.8) is 0 Å². The molecule has 1 aliphatic heterocycles. The molecule has 0 amide bonds. The van der Waals surface area contributed by atoms with Gasteiger partial charge >= 0.3 is 0 Å². The summed E-state index contributed by atoms with van der Waals surface area (Å²) in [6.45, 7) is 3.36. The molecule has 2 unspecified atom stereocenters. The summed E-state index contributed by atoms with van der Waals surface area (Å²) in [5, 5.41) is 13.6. The quantitative estimate of drug-likeness (QED) is 0.844. The number of nitrogens with one attached hydrogen (secondary N) is 1. The van der Waals surface area contributed by atoms with E-state index in [2.05, 4.69) is 24.0 Å². The molecular weight excluding hydrogens is 230 g/mol. The van der Waals surface area contributed by atoms with Crippen LogP contribution in [0.3, 0.4) is 0 Å². The van der Waals surface area contributed by atoms with E-state index < -0.39 is 0 Å². The van der Waals surface area contributed by atoms with E-state index in [1.807, 2.05) is 12.1 Å². The summed E-state index contributed by atoms with van der Waals surface area (Å²) in [6, 6.07) is 8.01. The molecule has 0 spiro atoms. The first-order valence-electron chi connectivity index (χ1n) is 6.37. The summed E-state index contributed by atoms with van der Waals surface area (Å²) in [4.78, 5) is 0. The molecule has 3 heteroatoms. The van der Waals surface area contributed by atoms with Gasteiger partial charge in [0.25, 0.3) is 0 Å². The maximum atomic E-state index is 9.22. The van der Waals surface area contributed by atoms with Crippen molar-refractivity contribution < 1.29 is 5.11 Å². The highest BCUT2D eigenvalue weighted by Gasteiger charge is 2.15. The lowest BCUT2D eigenvalue weighted by Gasteiger charge is -2.16. The van der Waals surface area contributed by atoms with Crippen molar-refractivity contribution in [1.29, 1.82) is 0 Å². The number of thioether (sulfide) groups is 1. The van der Waals surface area contributed by atoms with Crippen LogP contribution in [0.5, 0.6) is 5.75 Å². The Morgan fingerprint density at radius 2 is 2.18 bits per heavy atom. The van der Waals surface area contributed by atoms with Gasteiger partial charge in [0.2, 0.25) is 0 Å². The van der Waals surface area contributed by atoms with E-state index in [1.165, 1.54) is 24.2 Å². The largest absolute Gasteiger partial charge is 0.508 e. The Hall–Kier alpha value is -0.670. The van der Waals surface area contributed by atoms with E-state index in [4.69, 9.17) is 0 Å². The standard InChI is InChI=1S/C14H21NOS/c1-11(15-10-14-3-2-8-17-14)9-12-4-6-13(16)7-5-12/h4-7,11,14-16H,2-3,8-10H2,1H3. The predicted octanol–water partition coefficient (Wildman–Crippen LogP) is 2.81. The topological polar surface area (TPSA) is 32.3 Å². The van der Waals surface area contributed by atoms with Crippen LogP contribution >= 0.6 is 11.8 Å². The van der Waals surface area contributed by atoms with Gasteiger partial charge in [-0.3, -0.25) is 0 Å². The third kappa shape index (κ3) is 4.25. The van der Waals surface area contributed by atoms with Gasteiger partial charge in [0, 0.05) is 17.8 Å². The number of rotatable bonds is 5. The summed E-state index contributed by atoms with van der Waals surface area (Å²) in [6.07, 6.45) is 3.77. The maximum absolute atomic E-state index is 9.22. The minimum Gasteiger partial charge on any atom is -0.508 e. The minimum atomic E-state index is 0.344. The van der Waals surface area contributed by atoms with Crippen LogP contribution in [0.4, 0.5) is 0 Å². The Morgan fingerprint density at radius 3 is 2.82 bits per heavy atom. The van der Waals surface area contributed by atoms with Crippen molar-refractivity contribution in [3.05, 3.63) is 29.8 Å². The number of benzene rings is 1. The lowest BCUT2D eigenvalue weighted by Crippen LogP contribution is -2.33. The molecule has 1 aromatic rings. The molecule has 2 N–H and O–H groups in total. The fraction of sp³-hybridized carbons (Fsp3) is 0.571. The van der Waals surface area contributed by atoms with Gasteiger partial charge in [-0.05, 0) is 49.6 Å². The van der Waals surface area contributed by atoms with Crippen molar-refractivity contribution in [2.75, 3.05) is 12.3 Å². The van der Waals surface area contributed by atoms with Gasteiger partial charge in [0.15, 0.2) is 0 Å². The van der Waals surface area contributed by atoms with E-state index >= 15 is 0 Å². The first kappa shape index (κ1) is 12.8. The van der Waals surface area contributed by atoms with Gasteiger partial charge in [-0.2, -0.15) is 11.8 Å². The van der Waals surface area contributed by atoms with Crippen LogP contribution in [-0.2, 0) is 6.42 Å². The van der Waals surface area contributed by atoms with Gasteiger partial charge < -0.3 is 10.4 Å². The number of phenolic OH excluding ortho intramolecular Hbond substituents is 1. The molecule has 1 saturated heterocycles. The zero-order chi connectivity index (χ0) is 12.1. The summed E-state index contributed by atoms with van der Waals surface area (Å²) >= 11 is 2.10. The molecule has 0 radical (unpaired) electrons. The molecule has 0 aromatic heterocycles. The van der Waals surface area contributed by atoms with Gasteiger partial charge in [-0.1, -0.05) is 12.1 Å². The van der Waals surface area contributed by atoms with Gasteiger partial charge in [-0.25, -0.2) is 0 Å². The number of aromatic hydroxyl groups is 1. The van der Waals surface area contributed by atoms with Crippen LogP contribution in [0, 0.1) is 0 Å². The van der Waals surface area contributed by atoms with E-state index in [0.29, 0.717) is 11.8 Å². The van der Waals surface area contributed by atoms with Crippen molar-refractivity contribution in [2.24, 2.45) is 0 Å². The Kier molecular flexibility index (Phi) is 4.75. The third-order valence-corrected chi connectivity index (χ3v) is 4.59. The third-order valence-electron chi connectivity index (χ3n) is 3.20. The van der Waals surface area contributed by atoms with Gasteiger partial charge in [-0.15, -0.1) is 0 Å². The molecular formula is C14H21NOS. The number of hydrogen-bond donors (Lipinski definition) is 2. The Morgan fingerprint density at radius 1 is 1.41 bits per heavy atom. The Bertz CT molecular complexity index is 333. The molecule has 1 fully saturated rings. The van der Waals surface area contributed by atoms with Gasteiger partial charge in [0.05, 0.1) is 0 Å². The smallest absolute Gasteiger partial charge is 0.115 e. The summed E-state index contributed by atoms with van der Waals surface area (Å²) in [5.41, 5.74) is 1.28. The fourth-order valence-corrected chi connectivity index (χ4v) is 3.41. The molecule has 1 heterocycles. The second-order valence-electron chi connectivity index (χ2n) is 4.81. The Balaban J connectivity index is 1.72. The van der Waals surface area contributed by atoms with Crippen LogP contribution in [0.25, 0.3) is 0 Å². The van der Waals surface area contributed by atoms with Crippen LogP contribution in [-0.4, -0.2) is 28.7 Å².